The Hall–Kier alpha value is -1.48. The van der Waals surface area contributed by atoms with Gasteiger partial charge in [-0.15, -0.1) is 0 Å². The summed E-state index contributed by atoms with van der Waals surface area (Å²) in [5.74, 6) is 0.986. The number of H-pyrrole nitrogens is 1. The Bertz CT molecular complexity index is 567. The molecule has 0 bridgehead atoms. The lowest BCUT2D eigenvalue weighted by Gasteiger charge is -2.37. The zero-order valence-corrected chi connectivity index (χ0v) is 11.5. The highest BCUT2D eigenvalue weighted by Crippen LogP contribution is 2.43. The number of benzene rings is 1. The van der Waals surface area contributed by atoms with Gasteiger partial charge in [0.2, 0.25) is 0 Å². The lowest BCUT2D eigenvalue weighted by molar-refractivity contribution is 0.288. The van der Waals surface area contributed by atoms with Gasteiger partial charge in [-0.3, -0.25) is 0 Å². The number of nitrogens with two attached hydrogens (primary N) is 1. The fourth-order valence-electron chi connectivity index (χ4n) is 3.47. The molecule has 0 atom stereocenters. The minimum absolute atomic E-state index is 0.100. The van der Waals surface area contributed by atoms with Gasteiger partial charge in [-0.1, -0.05) is 19.3 Å². The van der Waals surface area contributed by atoms with Crippen molar-refractivity contribution in [3.8, 4) is 5.75 Å². The second kappa shape index (κ2) is 4.89. The van der Waals surface area contributed by atoms with Crippen molar-refractivity contribution in [1.29, 1.82) is 0 Å². The Morgan fingerprint density at radius 3 is 2.74 bits per heavy atom. The topological polar surface area (TPSA) is 51.0 Å². The number of fused-ring (bicyclic) bond motifs is 1. The van der Waals surface area contributed by atoms with Crippen molar-refractivity contribution in [1.82, 2.24) is 4.98 Å². The van der Waals surface area contributed by atoms with Crippen LogP contribution in [-0.2, 0) is 5.41 Å². The summed E-state index contributed by atoms with van der Waals surface area (Å²) in [4.78, 5) is 3.30. The zero-order valence-electron chi connectivity index (χ0n) is 11.5. The van der Waals surface area contributed by atoms with Crippen LogP contribution in [0.1, 0.15) is 37.7 Å². The fourth-order valence-corrected chi connectivity index (χ4v) is 3.47. The molecule has 0 saturated heterocycles. The summed E-state index contributed by atoms with van der Waals surface area (Å²) in [6.07, 6.45) is 8.18. The monoisotopic (exact) mass is 258 g/mol. The SMILES string of the molecule is COc1cc2cc[nH]c2cc1C1(CN)CCCCC1. The molecule has 1 aliphatic carbocycles. The van der Waals surface area contributed by atoms with Crippen molar-refractivity contribution in [2.75, 3.05) is 13.7 Å². The van der Waals surface area contributed by atoms with Crippen LogP contribution in [0, 0.1) is 0 Å². The predicted octanol–water partition coefficient (Wildman–Crippen LogP) is 3.34. The summed E-state index contributed by atoms with van der Waals surface area (Å²) in [6.45, 7) is 0.704. The number of aromatic nitrogens is 1. The quantitative estimate of drug-likeness (QED) is 0.887. The number of ether oxygens (including phenoxy) is 1. The molecule has 0 aliphatic heterocycles. The summed E-state index contributed by atoms with van der Waals surface area (Å²) in [7, 11) is 1.75. The van der Waals surface area contributed by atoms with Gasteiger partial charge in [-0.2, -0.15) is 0 Å². The highest BCUT2D eigenvalue weighted by Gasteiger charge is 2.35. The van der Waals surface area contributed by atoms with Crippen molar-refractivity contribution in [3.05, 3.63) is 30.0 Å². The number of aromatic amines is 1. The van der Waals surface area contributed by atoms with Crippen molar-refractivity contribution < 1.29 is 4.74 Å². The minimum atomic E-state index is 0.100. The average Bonchev–Trinajstić information content (AvgIpc) is 2.93. The molecule has 3 nitrogen and oxygen atoms in total. The van der Waals surface area contributed by atoms with Gasteiger partial charge in [0, 0.05) is 34.6 Å². The molecule has 0 amide bonds. The molecular weight excluding hydrogens is 236 g/mol. The third kappa shape index (κ3) is 2.02. The van der Waals surface area contributed by atoms with Crippen LogP contribution in [0.2, 0.25) is 0 Å². The second-order valence-electron chi connectivity index (χ2n) is 5.66. The maximum absolute atomic E-state index is 6.15. The van der Waals surface area contributed by atoms with Gasteiger partial charge in [0.25, 0.3) is 0 Å². The molecule has 1 aromatic carbocycles. The van der Waals surface area contributed by atoms with Crippen LogP contribution < -0.4 is 10.5 Å². The number of rotatable bonds is 3. The van der Waals surface area contributed by atoms with Crippen LogP contribution >= 0.6 is 0 Å². The Balaban J connectivity index is 2.15. The van der Waals surface area contributed by atoms with E-state index in [1.807, 2.05) is 6.20 Å². The second-order valence-corrected chi connectivity index (χ2v) is 5.66. The van der Waals surface area contributed by atoms with E-state index >= 15 is 0 Å². The van der Waals surface area contributed by atoms with E-state index in [4.69, 9.17) is 10.5 Å². The third-order valence-electron chi connectivity index (χ3n) is 4.65. The molecule has 1 saturated carbocycles. The molecule has 3 heteroatoms. The van der Waals surface area contributed by atoms with E-state index < -0.39 is 0 Å². The van der Waals surface area contributed by atoms with E-state index in [1.54, 1.807) is 7.11 Å². The van der Waals surface area contributed by atoms with E-state index in [-0.39, 0.29) is 5.41 Å². The van der Waals surface area contributed by atoms with Crippen LogP contribution in [0.15, 0.2) is 24.4 Å². The standard InChI is InChI=1S/C16H22N2O/c1-19-15-9-12-5-8-18-14(12)10-13(15)16(11-17)6-3-2-4-7-16/h5,8-10,18H,2-4,6-7,11,17H2,1H3. The molecule has 3 N–H and O–H groups in total. The minimum Gasteiger partial charge on any atom is -0.496 e. The van der Waals surface area contributed by atoms with Crippen molar-refractivity contribution in [2.24, 2.45) is 5.73 Å². The van der Waals surface area contributed by atoms with Gasteiger partial charge in [-0.05, 0) is 31.0 Å². The summed E-state index contributed by atoms with van der Waals surface area (Å²) >= 11 is 0. The molecule has 1 heterocycles. The largest absolute Gasteiger partial charge is 0.496 e. The molecule has 102 valence electrons. The Morgan fingerprint density at radius 2 is 2.05 bits per heavy atom. The first-order valence-electron chi connectivity index (χ1n) is 7.15. The van der Waals surface area contributed by atoms with E-state index in [2.05, 4.69) is 23.2 Å². The lowest BCUT2D eigenvalue weighted by Crippen LogP contribution is -2.37. The maximum Gasteiger partial charge on any atom is 0.123 e. The van der Waals surface area contributed by atoms with E-state index in [0.29, 0.717) is 6.54 Å². The molecule has 1 aromatic heterocycles. The molecule has 2 aromatic rings. The smallest absolute Gasteiger partial charge is 0.123 e. The molecule has 19 heavy (non-hydrogen) atoms. The normalized spacial score (nSPS) is 18.6. The zero-order chi connectivity index (χ0) is 13.3. The molecular formula is C16H22N2O. The van der Waals surface area contributed by atoms with Gasteiger partial charge in [0.05, 0.1) is 7.11 Å². The first kappa shape index (κ1) is 12.5. The van der Waals surface area contributed by atoms with E-state index in [1.165, 1.54) is 48.6 Å². The predicted molar refractivity (Wildman–Crippen MR) is 78.7 cm³/mol. The Morgan fingerprint density at radius 1 is 1.26 bits per heavy atom. The van der Waals surface area contributed by atoms with Crippen LogP contribution in [0.25, 0.3) is 10.9 Å². The molecule has 3 rings (SSSR count). The summed E-state index contributed by atoms with van der Waals surface area (Å²) in [6, 6.07) is 6.46. The van der Waals surface area contributed by atoms with Gasteiger partial charge >= 0.3 is 0 Å². The molecule has 0 unspecified atom stereocenters. The van der Waals surface area contributed by atoms with Gasteiger partial charge in [0.15, 0.2) is 0 Å². The fraction of sp³-hybridized carbons (Fsp3) is 0.500. The van der Waals surface area contributed by atoms with Crippen LogP contribution in [-0.4, -0.2) is 18.6 Å². The molecule has 0 radical (unpaired) electrons. The number of nitrogens with one attached hydrogen (secondary N) is 1. The van der Waals surface area contributed by atoms with E-state index in [0.717, 1.165) is 5.75 Å². The van der Waals surface area contributed by atoms with Gasteiger partial charge in [0.1, 0.15) is 5.75 Å². The molecule has 1 fully saturated rings. The maximum atomic E-state index is 6.15. The van der Waals surface area contributed by atoms with Crippen molar-refractivity contribution >= 4 is 10.9 Å². The van der Waals surface area contributed by atoms with Crippen LogP contribution in [0.4, 0.5) is 0 Å². The summed E-state index contributed by atoms with van der Waals surface area (Å²) < 4.78 is 5.63. The molecule has 0 spiro atoms. The highest BCUT2D eigenvalue weighted by atomic mass is 16.5. The van der Waals surface area contributed by atoms with Crippen molar-refractivity contribution in [3.63, 3.8) is 0 Å². The van der Waals surface area contributed by atoms with E-state index in [9.17, 15) is 0 Å². The Labute approximate surface area is 114 Å². The summed E-state index contributed by atoms with van der Waals surface area (Å²) in [5.41, 5.74) is 8.71. The first-order chi connectivity index (χ1) is 9.29. The van der Waals surface area contributed by atoms with Gasteiger partial charge in [-0.25, -0.2) is 0 Å². The number of hydrogen-bond acceptors (Lipinski definition) is 2. The highest BCUT2D eigenvalue weighted by molar-refractivity contribution is 5.82. The first-order valence-corrected chi connectivity index (χ1v) is 7.15. The lowest BCUT2D eigenvalue weighted by atomic mass is 9.69. The number of hydrogen-bond donors (Lipinski definition) is 2. The third-order valence-corrected chi connectivity index (χ3v) is 4.65. The molecule has 1 aliphatic rings. The average molecular weight is 258 g/mol. The van der Waals surface area contributed by atoms with Crippen LogP contribution in [0.5, 0.6) is 5.75 Å². The van der Waals surface area contributed by atoms with Gasteiger partial charge < -0.3 is 15.5 Å². The Kier molecular flexibility index (Phi) is 3.23. The number of methoxy groups -OCH3 is 1. The van der Waals surface area contributed by atoms with Crippen LogP contribution in [0.3, 0.4) is 0 Å². The summed E-state index contributed by atoms with van der Waals surface area (Å²) in [5, 5.41) is 1.20. The van der Waals surface area contributed by atoms with Crippen molar-refractivity contribution in [2.45, 2.75) is 37.5 Å².